The molecule has 0 atom stereocenters. The van der Waals surface area contributed by atoms with Gasteiger partial charge in [0.2, 0.25) is 0 Å². The molecule has 1 saturated heterocycles. The molecule has 0 unspecified atom stereocenters. The van der Waals surface area contributed by atoms with Crippen LogP contribution in [-0.2, 0) is 0 Å². The fraction of sp³-hybridized carbons (Fsp3) is 0.278. The van der Waals surface area contributed by atoms with Crippen LogP contribution in [0.25, 0.3) is 17.1 Å². The first-order valence-electron chi connectivity index (χ1n) is 8.23. The minimum atomic E-state index is -0.0450. The van der Waals surface area contributed by atoms with Gasteiger partial charge in [0, 0.05) is 6.07 Å². The maximum absolute atomic E-state index is 12.3. The van der Waals surface area contributed by atoms with Gasteiger partial charge < -0.3 is 5.32 Å². The molecular formula is C18H19N5O. The van der Waals surface area contributed by atoms with Crippen molar-refractivity contribution in [1.82, 2.24) is 24.9 Å². The van der Waals surface area contributed by atoms with Gasteiger partial charge in [-0.15, -0.1) is 0 Å². The van der Waals surface area contributed by atoms with Gasteiger partial charge in [-0.2, -0.15) is 10.2 Å². The van der Waals surface area contributed by atoms with Crippen molar-refractivity contribution in [2.75, 3.05) is 13.1 Å². The zero-order valence-electron chi connectivity index (χ0n) is 13.3. The minimum Gasteiger partial charge on any atom is -0.317 e. The second kappa shape index (κ2) is 6.41. The molecule has 0 saturated carbocycles. The lowest BCUT2D eigenvalue weighted by molar-refractivity contribution is 0.332. The summed E-state index contributed by atoms with van der Waals surface area (Å²) < 4.78 is 3.48. The van der Waals surface area contributed by atoms with E-state index < -0.39 is 0 Å². The van der Waals surface area contributed by atoms with Crippen molar-refractivity contribution in [3.8, 4) is 17.1 Å². The summed E-state index contributed by atoms with van der Waals surface area (Å²) in [6.07, 6.45) is 3.60. The largest absolute Gasteiger partial charge is 0.317 e. The highest BCUT2D eigenvalue weighted by Crippen LogP contribution is 2.21. The van der Waals surface area contributed by atoms with Gasteiger partial charge in [0.1, 0.15) is 5.69 Å². The number of piperidine rings is 1. The molecule has 1 fully saturated rings. The van der Waals surface area contributed by atoms with Crippen LogP contribution in [0.2, 0.25) is 0 Å². The molecule has 122 valence electrons. The number of rotatable bonds is 3. The van der Waals surface area contributed by atoms with Crippen LogP contribution in [0.1, 0.15) is 18.9 Å². The van der Waals surface area contributed by atoms with Crippen molar-refractivity contribution in [3.63, 3.8) is 0 Å². The van der Waals surface area contributed by atoms with E-state index in [1.54, 1.807) is 23.0 Å². The van der Waals surface area contributed by atoms with Gasteiger partial charge in [0.25, 0.3) is 5.56 Å². The first kappa shape index (κ1) is 14.8. The molecule has 0 amide bonds. The smallest absolute Gasteiger partial charge is 0.267 e. The van der Waals surface area contributed by atoms with E-state index in [-0.39, 0.29) is 11.6 Å². The average molecular weight is 321 g/mol. The first-order chi connectivity index (χ1) is 11.8. The third-order valence-electron chi connectivity index (χ3n) is 4.39. The van der Waals surface area contributed by atoms with Gasteiger partial charge in [-0.3, -0.25) is 4.79 Å². The molecule has 24 heavy (non-hydrogen) atoms. The van der Waals surface area contributed by atoms with Crippen LogP contribution in [-0.4, -0.2) is 32.7 Å². The molecule has 3 heterocycles. The van der Waals surface area contributed by atoms with E-state index in [2.05, 4.69) is 15.5 Å². The summed E-state index contributed by atoms with van der Waals surface area (Å²) >= 11 is 0. The fourth-order valence-electron chi connectivity index (χ4n) is 3.15. The van der Waals surface area contributed by atoms with Crippen LogP contribution in [0, 0.1) is 0 Å². The molecule has 1 N–H and O–H groups in total. The van der Waals surface area contributed by atoms with Gasteiger partial charge in [-0.25, -0.2) is 9.36 Å². The Kier molecular flexibility index (Phi) is 3.96. The predicted molar refractivity (Wildman–Crippen MR) is 92.2 cm³/mol. The molecule has 4 rings (SSSR count). The van der Waals surface area contributed by atoms with E-state index in [1.807, 2.05) is 41.1 Å². The standard InChI is InChI=1S/C18H19N5O/c24-18-7-6-16(21-23(18)15-8-11-19-12-9-15)17-10-13-20-22(17)14-4-2-1-3-5-14/h1-7,10,13,15,19H,8-9,11-12H2. The van der Waals surface area contributed by atoms with Crippen molar-refractivity contribution in [3.05, 3.63) is 65.1 Å². The third-order valence-corrected chi connectivity index (χ3v) is 4.39. The molecular weight excluding hydrogens is 302 g/mol. The Balaban J connectivity index is 1.76. The summed E-state index contributed by atoms with van der Waals surface area (Å²) in [4.78, 5) is 12.3. The number of hydrogen-bond acceptors (Lipinski definition) is 4. The topological polar surface area (TPSA) is 64.7 Å². The molecule has 6 nitrogen and oxygen atoms in total. The third kappa shape index (κ3) is 2.76. The summed E-state index contributed by atoms with van der Waals surface area (Å²) in [6, 6.07) is 15.4. The van der Waals surface area contributed by atoms with Crippen molar-refractivity contribution < 1.29 is 0 Å². The highest BCUT2D eigenvalue weighted by molar-refractivity contribution is 5.56. The summed E-state index contributed by atoms with van der Waals surface area (Å²) in [5, 5.41) is 12.4. The van der Waals surface area contributed by atoms with Gasteiger partial charge in [-0.05, 0) is 50.2 Å². The van der Waals surface area contributed by atoms with Crippen LogP contribution in [0.5, 0.6) is 0 Å². The normalized spacial score (nSPS) is 15.5. The van der Waals surface area contributed by atoms with Gasteiger partial charge in [0.15, 0.2) is 0 Å². The maximum atomic E-state index is 12.3. The maximum Gasteiger partial charge on any atom is 0.267 e. The Labute approximate surface area is 139 Å². The van der Waals surface area contributed by atoms with E-state index in [0.29, 0.717) is 0 Å². The van der Waals surface area contributed by atoms with E-state index in [4.69, 9.17) is 0 Å². The SMILES string of the molecule is O=c1ccc(-c2ccnn2-c2ccccc2)nn1C1CCNCC1. The van der Waals surface area contributed by atoms with Crippen molar-refractivity contribution in [1.29, 1.82) is 0 Å². The van der Waals surface area contributed by atoms with Crippen molar-refractivity contribution in [2.45, 2.75) is 18.9 Å². The molecule has 1 aromatic carbocycles. The molecule has 0 aliphatic carbocycles. The zero-order chi connectivity index (χ0) is 16.4. The molecule has 0 bridgehead atoms. The fourth-order valence-corrected chi connectivity index (χ4v) is 3.15. The van der Waals surface area contributed by atoms with Gasteiger partial charge in [0.05, 0.1) is 23.6 Å². The van der Waals surface area contributed by atoms with E-state index in [0.717, 1.165) is 43.0 Å². The lowest BCUT2D eigenvalue weighted by Gasteiger charge is -2.23. The second-order valence-corrected chi connectivity index (χ2v) is 5.95. The zero-order valence-corrected chi connectivity index (χ0v) is 13.3. The average Bonchev–Trinajstić information content (AvgIpc) is 3.13. The molecule has 1 aliphatic rings. The van der Waals surface area contributed by atoms with E-state index in [1.165, 1.54) is 0 Å². The Morgan fingerprint density at radius 2 is 1.79 bits per heavy atom. The van der Waals surface area contributed by atoms with Crippen LogP contribution in [0.4, 0.5) is 0 Å². The molecule has 1 aliphatic heterocycles. The number of aromatic nitrogens is 4. The number of nitrogens with zero attached hydrogens (tertiary/aromatic N) is 4. The highest BCUT2D eigenvalue weighted by atomic mass is 16.1. The predicted octanol–water partition coefficient (Wildman–Crippen LogP) is 2.02. The lowest BCUT2D eigenvalue weighted by Crippen LogP contribution is -2.35. The summed E-state index contributed by atoms with van der Waals surface area (Å²) in [5.41, 5.74) is 2.56. The highest BCUT2D eigenvalue weighted by Gasteiger charge is 2.18. The Morgan fingerprint density at radius 3 is 2.58 bits per heavy atom. The molecule has 6 heteroatoms. The van der Waals surface area contributed by atoms with Crippen LogP contribution < -0.4 is 10.9 Å². The van der Waals surface area contributed by atoms with Crippen LogP contribution in [0.15, 0.2) is 59.5 Å². The van der Waals surface area contributed by atoms with Crippen molar-refractivity contribution in [2.24, 2.45) is 0 Å². The van der Waals surface area contributed by atoms with Crippen molar-refractivity contribution >= 4 is 0 Å². The quantitative estimate of drug-likeness (QED) is 0.801. The number of nitrogens with one attached hydrogen (secondary N) is 1. The van der Waals surface area contributed by atoms with Gasteiger partial charge >= 0.3 is 0 Å². The molecule has 2 aromatic heterocycles. The molecule has 0 radical (unpaired) electrons. The Bertz CT molecular complexity index is 878. The number of benzene rings is 1. The van der Waals surface area contributed by atoms with E-state index >= 15 is 0 Å². The lowest BCUT2D eigenvalue weighted by atomic mass is 10.1. The second-order valence-electron chi connectivity index (χ2n) is 5.95. The van der Waals surface area contributed by atoms with Crippen LogP contribution >= 0.6 is 0 Å². The Morgan fingerprint density at radius 1 is 1.00 bits per heavy atom. The van der Waals surface area contributed by atoms with Crippen LogP contribution in [0.3, 0.4) is 0 Å². The number of para-hydroxylation sites is 1. The summed E-state index contributed by atoms with van der Waals surface area (Å²) in [6.45, 7) is 1.84. The molecule has 0 spiro atoms. The molecule has 3 aromatic rings. The number of hydrogen-bond donors (Lipinski definition) is 1. The summed E-state index contributed by atoms with van der Waals surface area (Å²) in [7, 11) is 0. The minimum absolute atomic E-state index is 0.0450. The Hall–Kier alpha value is -2.73. The van der Waals surface area contributed by atoms with E-state index in [9.17, 15) is 4.79 Å². The monoisotopic (exact) mass is 321 g/mol. The summed E-state index contributed by atoms with van der Waals surface area (Å²) in [5.74, 6) is 0. The van der Waals surface area contributed by atoms with Gasteiger partial charge in [-0.1, -0.05) is 18.2 Å². The first-order valence-corrected chi connectivity index (χ1v) is 8.23.